The van der Waals surface area contributed by atoms with Crippen LogP contribution >= 0.6 is 0 Å². The number of hydrogen-bond acceptors (Lipinski definition) is 4. The van der Waals surface area contributed by atoms with Crippen LogP contribution in [0.4, 0.5) is 0 Å². The second kappa shape index (κ2) is 7.71. The molecule has 2 aliphatic heterocycles. The number of aliphatic hydroxyl groups excluding tert-OH is 1. The molecule has 2 N–H and O–H groups in total. The Balaban J connectivity index is 1.39. The molecule has 0 saturated carbocycles. The number of phenols is 1. The summed E-state index contributed by atoms with van der Waals surface area (Å²) in [6, 6.07) is 13.4. The fourth-order valence-corrected chi connectivity index (χ4v) is 4.22. The summed E-state index contributed by atoms with van der Waals surface area (Å²) >= 11 is 0. The summed E-state index contributed by atoms with van der Waals surface area (Å²) in [5.74, 6) is 0.144. The number of aryl methyl sites for hydroxylation is 1. The molecule has 0 spiro atoms. The van der Waals surface area contributed by atoms with Gasteiger partial charge in [-0.1, -0.05) is 24.3 Å². The number of phenolic OH excluding ortho intramolecular Hbond substituents is 1. The summed E-state index contributed by atoms with van der Waals surface area (Å²) in [5.41, 5.74) is 4.26. The van der Waals surface area contributed by atoms with Gasteiger partial charge in [-0.15, -0.1) is 0 Å². The standard InChI is InChI=1S/C22H26N2O3/c25-19-7-8-21-17(12-19)6-3-10-24(22(21)27)15-20(26)14-23-11-9-16-4-1-2-5-18(16)13-23/h1-2,4-5,7-8,12,20,25-26H,3,6,9-11,13-15H2/t20-/m1/s1. The lowest BCUT2D eigenvalue weighted by atomic mass is 10.00. The first-order valence-electron chi connectivity index (χ1n) is 9.68. The van der Waals surface area contributed by atoms with Crippen LogP contribution in [0.3, 0.4) is 0 Å². The van der Waals surface area contributed by atoms with Crippen LogP contribution in [0.5, 0.6) is 5.75 Å². The highest BCUT2D eigenvalue weighted by Crippen LogP contribution is 2.23. The molecule has 2 aliphatic rings. The number of carbonyl (C=O) groups excluding carboxylic acids is 1. The van der Waals surface area contributed by atoms with Crippen molar-refractivity contribution in [1.29, 1.82) is 0 Å². The summed E-state index contributed by atoms with van der Waals surface area (Å²) in [6.45, 7) is 3.33. The summed E-state index contributed by atoms with van der Waals surface area (Å²) < 4.78 is 0. The Morgan fingerprint density at radius 2 is 1.78 bits per heavy atom. The molecule has 2 aromatic carbocycles. The van der Waals surface area contributed by atoms with Crippen molar-refractivity contribution in [3.8, 4) is 5.75 Å². The molecule has 0 saturated heterocycles. The van der Waals surface area contributed by atoms with Crippen LogP contribution in [-0.4, -0.2) is 58.2 Å². The number of rotatable bonds is 4. The molecule has 2 aromatic rings. The fraction of sp³-hybridized carbons (Fsp3) is 0.409. The first-order valence-corrected chi connectivity index (χ1v) is 9.68. The minimum atomic E-state index is -0.571. The molecule has 0 bridgehead atoms. The monoisotopic (exact) mass is 366 g/mol. The van der Waals surface area contributed by atoms with Crippen molar-refractivity contribution in [2.24, 2.45) is 0 Å². The van der Waals surface area contributed by atoms with Crippen molar-refractivity contribution < 1.29 is 15.0 Å². The maximum Gasteiger partial charge on any atom is 0.254 e. The minimum Gasteiger partial charge on any atom is -0.508 e. The smallest absolute Gasteiger partial charge is 0.254 e. The second-order valence-electron chi connectivity index (χ2n) is 7.60. The van der Waals surface area contributed by atoms with Gasteiger partial charge in [0.2, 0.25) is 0 Å². The van der Waals surface area contributed by atoms with E-state index >= 15 is 0 Å². The number of β-amino-alcohol motifs (C(OH)–C–C–N with tert-alkyl or cyclic N) is 1. The zero-order chi connectivity index (χ0) is 18.8. The lowest BCUT2D eigenvalue weighted by molar-refractivity contribution is 0.0513. The van der Waals surface area contributed by atoms with Crippen molar-refractivity contribution in [2.45, 2.75) is 31.9 Å². The van der Waals surface area contributed by atoms with E-state index in [4.69, 9.17) is 0 Å². The van der Waals surface area contributed by atoms with Gasteiger partial charge in [-0.25, -0.2) is 0 Å². The number of benzene rings is 2. The molecule has 1 amide bonds. The van der Waals surface area contributed by atoms with E-state index in [0.717, 1.165) is 37.9 Å². The predicted octanol–water partition coefficient (Wildman–Crippen LogP) is 2.20. The van der Waals surface area contributed by atoms with E-state index in [1.165, 1.54) is 11.1 Å². The summed E-state index contributed by atoms with van der Waals surface area (Å²) in [7, 11) is 0. The van der Waals surface area contributed by atoms with Gasteiger partial charge in [0.25, 0.3) is 5.91 Å². The van der Waals surface area contributed by atoms with Gasteiger partial charge in [0.05, 0.1) is 6.10 Å². The number of fused-ring (bicyclic) bond motifs is 2. The SMILES string of the molecule is O=C1c2ccc(O)cc2CCCN1C[C@H](O)CN1CCc2ccccc2C1. The molecule has 5 heteroatoms. The number of carbonyl (C=O) groups is 1. The van der Waals surface area contributed by atoms with Crippen molar-refractivity contribution in [3.63, 3.8) is 0 Å². The van der Waals surface area contributed by atoms with Crippen LogP contribution in [0, 0.1) is 0 Å². The van der Waals surface area contributed by atoms with Gasteiger partial charge in [0, 0.05) is 38.3 Å². The molecule has 0 aromatic heterocycles. The van der Waals surface area contributed by atoms with E-state index in [2.05, 4.69) is 29.2 Å². The zero-order valence-corrected chi connectivity index (χ0v) is 15.5. The van der Waals surface area contributed by atoms with E-state index in [-0.39, 0.29) is 11.7 Å². The van der Waals surface area contributed by atoms with Gasteiger partial charge in [-0.2, -0.15) is 0 Å². The van der Waals surface area contributed by atoms with Crippen molar-refractivity contribution in [2.75, 3.05) is 26.2 Å². The van der Waals surface area contributed by atoms with Crippen LogP contribution in [0.2, 0.25) is 0 Å². The Hall–Kier alpha value is -2.37. The fourth-order valence-electron chi connectivity index (χ4n) is 4.22. The maximum absolute atomic E-state index is 12.9. The van der Waals surface area contributed by atoms with Gasteiger partial charge in [0.1, 0.15) is 5.75 Å². The van der Waals surface area contributed by atoms with Gasteiger partial charge in [-0.05, 0) is 54.2 Å². The topological polar surface area (TPSA) is 64.0 Å². The van der Waals surface area contributed by atoms with Crippen LogP contribution in [0.15, 0.2) is 42.5 Å². The van der Waals surface area contributed by atoms with E-state index in [1.54, 1.807) is 23.1 Å². The maximum atomic E-state index is 12.9. The first-order chi connectivity index (χ1) is 13.1. The number of hydrogen-bond donors (Lipinski definition) is 2. The molecule has 1 atom stereocenters. The zero-order valence-electron chi connectivity index (χ0n) is 15.5. The summed E-state index contributed by atoms with van der Waals surface area (Å²) in [4.78, 5) is 16.9. The average Bonchev–Trinajstić information content (AvgIpc) is 2.80. The number of aromatic hydroxyl groups is 1. The van der Waals surface area contributed by atoms with Crippen LogP contribution in [0.25, 0.3) is 0 Å². The third-order valence-electron chi connectivity index (χ3n) is 5.59. The lowest BCUT2D eigenvalue weighted by Crippen LogP contribution is -2.44. The predicted molar refractivity (Wildman–Crippen MR) is 104 cm³/mol. The lowest BCUT2D eigenvalue weighted by Gasteiger charge is -2.32. The highest BCUT2D eigenvalue weighted by Gasteiger charge is 2.26. The second-order valence-corrected chi connectivity index (χ2v) is 7.60. The molecule has 0 fully saturated rings. The summed E-state index contributed by atoms with van der Waals surface area (Å²) in [6.07, 6.45) is 2.04. The van der Waals surface area contributed by atoms with Gasteiger partial charge < -0.3 is 15.1 Å². The third kappa shape index (κ3) is 3.99. The average molecular weight is 366 g/mol. The third-order valence-corrected chi connectivity index (χ3v) is 5.59. The molecule has 0 radical (unpaired) electrons. The number of nitrogens with zero attached hydrogens (tertiary/aromatic N) is 2. The molecule has 0 unspecified atom stereocenters. The van der Waals surface area contributed by atoms with E-state index < -0.39 is 6.10 Å². The van der Waals surface area contributed by atoms with Crippen LogP contribution in [0.1, 0.15) is 33.5 Å². The normalized spacial score (nSPS) is 18.6. The molecule has 2 heterocycles. The molecular formula is C22H26N2O3. The highest BCUT2D eigenvalue weighted by molar-refractivity contribution is 5.96. The Kier molecular flexibility index (Phi) is 5.14. The molecular weight excluding hydrogens is 340 g/mol. The van der Waals surface area contributed by atoms with E-state index in [9.17, 15) is 15.0 Å². The van der Waals surface area contributed by atoms with Crippen molar-refractivity contribution in [1.82, 2.24) is 9.80 Å². The Bertz CT molecular complexity index is 836. The van der Waals surface area contributed by atoms with Crippen molar-refractivity contribution >= 4 is 5.91 Å². The summed E-state index contributed by atoms with van der Waals surface area (Å²) in [5, 5.41) is 20.3. The van der Waals surface area contributed by atoms with Crippen molar-refractivity contribution in [3.05, 3.63) is 64.7 Å². The molecule has 142 valence electrons. The molecule has 4 rings (SSSR count). The van der Waals surface area contributed by atoms with Crippen LogP contribution < -0.4 is 0 Å². The van der Waals surface area contributed by atoms with Gasteiger partial charge in [-0.3, -0.25) is 9.69 Å². The Morgan fingerprint density at radius 3 is 2.63 bits per heavy atom. The number of amides is 1. The largest absolute Gasteiger partial charge is 0.508 e. The molecule has 5 nitrogen and oxygen atoms in total. The van der Waals surface area contributed by atoms with E-state index in [1.807, 2.05) is 0 Å². The van der Waals surface area contributed by atoms with Crippen LogP contribution in [-0.2, 0) is 19.4 Å². The first kappa shape index (κ1) is 18.0. The Labute approximate surface area is 159 Å². The highest BCUT2D eigenvalue weighted by atomic mass is 16.3. The minimum absolute atomic E-state index is 0.0504. The number of aliphatic hydroxyl groups is 1. The quantitative estimate of drug-likeness (QED) is 0.871. The molecule has 27 heavy (non-hydrogen) atoms. The van der Waals surface area contributed by atoms with Gasteiger partial charge in [0.15, 0.2) is 0 Å². The van der Waals surface area contributed by atoms with Gasteiger partial charge >= 0.3 is 0 Å². The Morgan fingerprint density at radius 1 is 0.963 bits per heavy atom. The molecule has 0 aliphatic carbocycles. The van der Waals surface area contributed by atoms with E-state index in [0.29, 0.717) is 25.2 Å².